The first-order chi connectivity index (χ1) is 9.26. The summed E-state index contributed by atoms with van der Waals surface area (Å²) in [5, 5.41) is 0. The lowest BCUT2D eigenvalue weighted by molar-refractivity contribution is 0.105. The maximum Gasteiger partial charge on any atom is 0.409 e. The van der Waals surface area contributed by atoms with E-state index in [0.29, 0.717) is 39.3 Å². The standard InChI is InChI=1S/C12H19N5O2/c1-2-19-12(18)17-7-5-16(6-8-17)11-10(9-13)14-3-4-15-11/h3-4H,2,5-9,13H2,1H3. The third kappa shape index (κ3) is 3.11. The van der Waals surface area contributed by atoms with E-state index in [2.05, 4.69) is 14.9 Å². The number of hydrogen-bond donors (Lipinski definition) is 1. The van der Waals surface area contributed by atoms with E-state index in [-0.39, 0.29) is 6.09 Å². The smallest absolute Gasteiger partial charge is 0.409 e. The van der Waals surface area contributed by atoms with Gasteiger partial charge < -0.3 is 20.3 Å². The molecule has 2 heterocycles. The molecule has 7 heteroatoms. The molecule has 1 saturated heterocycles. The molecule has 1 fully saturated rings. The Kier molecular flexibility index (Phi) is 4.51. The topological polar surface area (TPSA) is 84.6 Å². The predicted molar refractivity (Wildman–Crippen MR) is 70.7 cm³/mol. The Morgan fingerprint density at radius 2 is 2.00 bits per heavy atom. The average Bonchev–Trinajstić information content (AvgIpc) is 2.47. The van der Waals surface area contributed by atoms with E-state index >= 15 is 0 Å². The van der Waals surface area contributed by atoms with Crippen molar-refractivity contribution >= 4 is 11.9 Å². The van der Waals surface area contributed by atoms with Crippen LogP contribution >= 0.6 is 0 Å². The van der Waals surface area contributed by atoms with Crippen LogP contribution in [0.4, 0.5) is 10.6 Å². The second-order valence-corrected chi connectivity index (χ2v) is 4.20. The van der Waals surface area contributed by atoms with Gasteiger partial charge in [-0.05, 0) is 6.92 Å². The maximum absolute atomic E-state index is 11.6. The highest BCUT2D eigenvalue weighted by Crippen LogP contribution is 2.16. The number of amides is 1. The van der Waals surface area contributed by atoms with Crippen molar-refractivity contribution in [3.8, 4) is 0 Å². The van der Waals surface area contributed by atoms with Gasteiger partial charge in [-0.15, -0.1) is 0 Å². The predicted octanol–water partition coefficient (Wildman–Crippen LogP) is 0.214. The van der Waals surface area contributed by atoms with Crippen LogP contribution in [0.15, 0.2) is 12.4 Å². The Balaban J connectivity index is 1.98. The lowest BCUT2D eigenvalue weighted by atomic mass is 10.3. The van der Waals surface area contributed by atoms with Gasteiger partial charge in [0.05, 0.1) is 12.3 Å². The van der Waals surface area contributed by atoms with Gasteiger partial charge >= 0.3 is 6.09 Å². The minimum absolute atomic E-state index is 0.250. The third-order valence-corrected chi connectivity index (χ3v) is 3.05. The van der Waals surface area contributed by atoms with Crippen molar-refractivity contribution in [3.63, 3.8) is 0 Å². The van der Waals surface area contributed by atoms with E-state index in [1.165, 1.54) is 0 Å². The van der Waals surface area contributed by atoms with Gasteiger partial charge in [0.25, 0.3) is 0 Å². The molecule has 0 saturated carbocycles. The molecule has 104 valence electrons. The number of rotatable bonds is 3. The van der Waals surface area contributed by atoms with Gasteiger partial charge in [-0.1, -0.05) is 0 Å². The molecule has 1 aromatic rings. The Bertz CT molecular complexity index is 432. The summed E-state index contributed by atoms with van der Waals surface area (Å²) in [4.78, 5) is 24.0. The molecule has 0 unspecified atom stereocenters. The summed E-state index contributed by atoms with van der Waals surface area (Å²) in [6.07, 6.45) is 3.05. The van der Waals surface area contributed by atoms with Gasteiger partial charge in [0, 0.05) is 45.1 Å². The number of ether oxygens (including phenoxy) is 1. The van der Waals surface area contributed by atoms with E-state index in [9.17, 15) is 4.79 Å². The zero-order valence-electron chi connectivity index (χ0n) is 11.1. The molecule has 1 aliphatic rings. The highest BCUT2D eigenvalue weighted by atomic mass is 16.6. The summed E-state index contributed by atoms with van der Waals surface area (Å²) in [7, 11) is 0. The summed E-state index contributed by atoms with van der Waals surface area (Å²) in [5.41, 5.74) is 6.44. The first kappa shape index (κ1) is 13.5. The summed E-state index contributed by atoms with van der Waals surface area (Å²) in [6.45, 7) is 5.25. The minimum Gasteiger partial charge on any atom is -0.450 e. The number of aromatic nitrogens is 2. The van der Waals surface area contributed by atoms with Crippen LogP contribution in [0.5, 0.6) is 0 Å². The first-order valence-corrected chi connectivity index (χ1v) is 6.42. The third-order valence-electron chi connectivity index (χ3n) is 3.05. The molecular formula is C12H19N5O2. The van der Waals surface area contributed by atoms with Crippen molar-refractivity contribution in [3.05, 3.63) is 18.1 Å². The Morgan fingerprint density at radius 3 is 2.63 bits per heavy atom. The van der Waals surface area contributed by atoms with Crippen LogP contribution in [0, 0.1) is 0 Å². The number of hydrogen-bond acceptors (Lipinski definition) is 6. The van der Waals surface area contributed by atoms with Gasteiger partial charge in [0.15, 0.2) is 5.82 Å². The average molecular weight is 265 g/mol. The second kappa shape index (κ2) is 6.33. The van der Waals surface area contributed by atoms with Gasteiger partial charge in [-0.2, -0.15) is 0 Å². The van der Waals surface area contributed by atoms with Crippen LogP contribution in [0.1, 0.15) is 12.6 Å². The molecule has 1 amide bonds. The van der Waals surface area contributed by atoms with Gasteiger partial charge in [-0.25, -0.2) is 9.78 Å². The van der Waals surface area contributed by atoms with Crippen LogP contribution in [0.25, 0.3) is 0 Å². The van der Waals surface area contributed by atoms with Crippen LogP contribution in [-0.4, -0.2) is 53.7 Å². The fourth-order valence-corrected chi connectivity index (χ4v) is 2.08. The SMILES string of the molecule is CCOC(=O)N1CCN(c2nccnc2CN)CC1. The Labute approximate surface area is 112 Å². The quantitative estimate of drug-likeness (QED) is 0.841. The monoisotopic (exact) mass is 265 g/mol. The van der Waals surface area contributed by atoms with E-state index in [4.69, 9.17) is 10.5 Å². The van der Waals surface area contributed by atoms with Crippen LogP contribution in [0.3, 0.4) is 0 Å². The molecule has 2 rings (SSSR count). The molecule has 2 N–H and O–H groups in total. The number of anilines is 1. The zero-order chi connectivity index (χ0) is 13.7. The van der Waals surface area contributed by atoms with E-state index in [1.54, 1.807) is 24.2 Å². The number of carbonyl (C=O) groups is 1. The van der Waals surface area contributed by atoms with Crippen LogP contribution in [-0.2, 0) is 11.3 Å². The van der Waals surface area contributed by atoms with Gasteiger partial charge in [0.1, 0.15) is 0 Å². The Hall–Kier alpha value is -1.89. The maximum atomic E-state index is 11.6. The lowest BCUT2D eigenvalue weighted by Crippen LogP contribution is -2.49. The molecule has 0 aromatic carbocycles. The normalized spacial score (nSPS) is 15.5. The largest absolute Gasteiger partial charge is 0.450 e. The molecule has 19 heavy (non-hydrogen) atoms. The minimum atomic E-state index is -0.250. The van der Waals surface area contributed by atoms with Gasteiger partial charge in [-0.3, -0.25) is 4.98 Å². The fraction of sp³-hybridized carbons (Fsp3) is 0.583. The van der Waals surface area contributed by atoms with Crippen molar-refractivity contribution in [2.45, 2.75) is 13.5 Å². The Morgan fingerprint density at radius 1 is 1.32 bits per heavy atom. The zero-order valence-corrected chi connectivity index (χ0v) is 11.1. The highest BCUT2D eigenvalue weighted by molar-refractivity contribution is 5.68. The highest BCUT2D eigenvalue weighted by Gasteiger charge is 2.23. The van der Waals surface area contributed by atoms with Crippen molar-refractivity contribution in [1.82, 2.24) is 14.9 Å². The van der Waals surface area contributed by atoms with E-state index < -0.39 is 0 Å². The molecular weight excluding hydrogens is 246 g/mol. The van der Waals surface area contributed by atoms with Crippen LogP contribution < -0.4 is 10.6 Å². The lowest BCUT2D eigenvalue weighted by Gasteiger charge is -2.35. The molecule has 7 nitrogen and oxygen atoms in total. The van der Waals surface area contributed by atoms with Gasteiger partial charge in [0.2, 0.25) is 0 Å². The number of nitrogens with two attached hydrogens (primary N) is 1. The summed E-state index contributed by atoms with van der Waals surface area (Å²) in [5.74, 6) is 0.813. The molecule has 0 radical (unpaired) electrons. The second-order valence-electron chi connectivity index (χ2n) is 4.20. The molecule has 1 aromatic heterocycles. The summed E-state index contributed by atoms with van der Waals surface area (Å²) < 4.78 is 4.99. The summed E-state index contributed by atoms with van der Waals surface area (Å²) in [6, 6.07) is 0. The van der Waals surface area contributed by atoms with Crippen molar-refractivity contribution in [2.24, 2.45) is 5.73 Å². The van der Waals surface area contributed by atoms with Crippen LogP contribution in [0.2, 0.25) is 0 Å². The van der Waals surface area contributed by atoms with Crippen molar-refractivity contribution in [1.29, 1.82) is 0 Å². The molecule has 0 aliphatic carbocycles. The number of carbonyl (C=O) groups excluding carboxylic acids is 1. The van der Waals surface area contributed by atoms with E-state index in [0.717, 1.165) is 11.5 Å². The van der Waals surface area contributed by atoms with E-state index in [1.807, 2.05) is 0 Å². The fourth-order valence-electron chi connectivity index (χ4n) is 2.08. The molecule has 0 atom stereocenters. The molecule has 1 aliphatic heterocycles. The molecule has 0 bridgehead atoms. The number of nitrogens with zero attached hydrogens (tertiary/aromatic N) is 4. The summed E-state index contributed by atoms with van der Waals surface area (Å²) >= 11 is 0. The van der Waals surface area contributed by atoms with Crippen molar-refractivity contribution < 1.29 is 9.53 Å². The number of piperazine rings is 1. The van der Waals surface area contributed by atoms with Crippen molar-refractivity contribution in [2.75, 3.05) is 37.7 Å². The molecule has 0 spiro atoms. The first-order valence-electron chi connectivity index (χ1n) is 6.42.